The molecule has 0 saturated carbocycles. The average Bonchev–Trinajstić information content (AvgIpc) is 2.67. The van der Waals surface area contributed by atoms with Gasteiger partial charge in [0, 0.05) is 5.02 Å². The molecular formula is C19H17ClN2O4S. The highest BCUT2D eigenvalue weighted by atomic mass is 35.5. The van der Waals surface area contributed by atoms with Gasteiger partial charge in [0.05, 0.1) is 30.8 Å². The Labute approximate surface area is 165 Å². The number of fused-ring (bicyclic) bond motifs is 1. The molecule has 3 rings (SSSR count). The summed E-state index contributed by atoms with van der Waals surface area (Å²) < 4.78 is 11.6. The first-order valence-electron chi connectivity index (χ1n) is 8.06. The molecular weight excluding hydrogens is 388 g/mol. The maximum absolute atomic E-state index is 13.2. The summed E-state index contributed by atoms with van der Waals surface area (Å²) in [5.41, 5.74) is 0.716. The molecule has 0 spiro atoms. The molecule has 27 heavy (non-hydrogen) atoms. The first-order valence-corrected chi connectivity index (χ1v) is 9.32. The van der Waals surface area contributed by atoms with Crippen LogP contribution in [-0.2, 0) is 9.53 Å². The van der Waals surface area contributed by atoms with Gasteiger partial charge in [-0.25, -0.2) is 4.98 Å². The number of esters is 1. The molecule has 6 nitrogen and oxygen atoms in total. The summed E-state index contributed by atoms with van der Waals surface area (Å²) in [5.74, 6) is 0.106. The van der Waals surface area contributed by atoms with Gasteiger partial charge in [-0.3, -0.25) is 14.2 Å². The van der Waals surface area contributed by atoms with Crippen molar-refractivity contribution in [1.82, 2.24) is 9.55 Å². The lowest BCUT2D eigenvalue weighted by atomic mass is 10.2. The lowest BCUT2D eigenvalue weighted by Gasteiger charge is -2.17. The first-order chi connectivity index (χ1) is 13.0. The largest absolute Gasteiger partial charge is 0.495 e. The van der Waals surface area contributed by atoms with Crippen molar-refractivity contribution in [3.8, 4) is 11.4 Å². The minimum atomic E-state index is -0.556. The molecule has 1 aromatic heterocycles. The van der Waals surface area contributed by atoms with E-state index < -0.39 is 11.2 Å². The van der Waals surface area contributed by atoms with Crippen molar-refractivity contribution >= 4 is 40.2 Å². The zero-order valence-corrected chi connectivity index (χ0v) is 16.5. The van der Waals surface area contributed by atoms with Gasteiger partial charge in [-0.1, -0.05) is 35.5 Å². The predicted molar refractivity (Wildman–Crippen MR) is 106 cm³/mol. The highest BCUT2D eigenvalue weighted by Gasteiger charge is 2.22. The summed E-state index contributed by atoms with van der Waals surface area (Å²) in [5, 5.41) is 0.679. The molecule has 1 unspecified atom stereocenters. The fourth-order valence-corrected chi connectivity index (χ4v) is 3.73. The summed E-state index contributed by atoms with van der Waals surface area (Å²) >= 11 is 7.19. The van der Waals surface area contributed by atoms with Gasteiger partial charge in [0.2, 0.25) is 0 Å². The molecule has 2 aromatic carbocycles. The van der Waals surface area contributed by atoms with E-state index in [0.717, 1.165) is 11.8 Å². The van der Waals surface area contributed by atoms with Gasteiger partial charge < -0.3 is 9.47 Å². The van der Waals surface area contributed by atoms with Crippen molar-refractivity contribution in [2.75, 3.05) is 14.2 Å². The van der Waals surface area contributed by atoms with E-state index in [9.17, 15) is 9.59 Å². The number of para-hydroxylation sites is 2. The molecule has 1 atom stereocenters. The average molecular weight is 405 g/mol. The Morgan fingerprint density at radius 2 is 1.96 bits per heavy atom. The molecule has 0 aliphatic heterocycles. The number of carbonyl (C=O) groups excluding carboxylic acids is 1. The zero-order valence-electron chi connectivity index (χ0n) is 14.9. The second kappa shape index (κ2) is 8.02. The molecule has 1 heterocycles. The van der Waals surface area contributed by atoms with Crippen LogP contribution >= 0.6 is 23.4 Å². The van der Waals surface area contributed by atoms with Gasteiger partial charge in [0.1, 0.15) is 11.0 Å². The van der Waals surface area contributed by atoms with E-state index in [1.165, 1.54) is 18.8 Å². The molecule has 0 amide bonds. The number of carbonyl (C=O) groups is 1. The van der Waals surface area contributed by atoms with E-state index in [0.29, 0.717) is 32.5 Å². The van der Waals surface area contributed by atoms with Crippen molar-refractivity contribution in [2.24, 2.45) is 0 Å². The predicted octanol–water partition coefficient (Wildman–Crippen LogP) is 3.70. The number of halogens is 1. The van der Waals surface area contributed by atoms with Gasteiger partial charge >= 0.3 is 5.97 Å². The molecule has 0 N–H and O–H groups in total. The summed E-state index contributed by atoms with van der Waals surface area (Å²) in [4.78, 5) is 29.7. The summed E-state index contributed by atoms with van der Waals surface area (Å²) in [6.07, 6.45) is 0. The van der Waals surface area contributed by atoms with Crippen molar-refractivity contribution < 1.29 is 14.3 Å². The normalized spacial score (nSPS) is 12.0. The Hall–Kier alpha value is -2.51. The van der Waals surface area contributed by atoms with Crippen molar-refractivity contribution in [3.63, 3.8) is 0 Å². The molecule has 0 bridgehead atoms. The molecule has 0 fully saturated rings. The maximum Gasteiger partial charge on any atom is 0.318 e. The van der Waals surface area contributed by atoms with Crippen LogP contribution in [0.15, 0.2) is 52.4 Å². The van der Waals surface area contributed by atoms with Crippen LogP contribution in [0.1, 0.15) is 6.92 Å². The number of hydrogen-bond acceptors (Lipinski definition) is 6. The number of benzene rings is 2. The molecule has 0 saturated heterocycles. The van der Waals surface area contributed by atoms with Crippen LogP contribution in [0.25, 0.3) is 16.6 Å². The summed E-state index contributed by atoms with van der Waals surface area (Å²) in [6, 6.07) is 12.0. The SMILES string of the molecule is COC(=O)C(C)Sc1nc2cc(Cl)ccc2c(=O)n1-c1ccccc1OC. The van der Waals surface area contributed by atoms with Crippen molar-refractivity contribution in [3.05, 3.63) is 57.8 Å². The van der Waals surface area contributed by atoms with Crippen molar-refractivity contribution in [2.45, 2.75) is 17.3 Å². The third kappa shape index (κ3) is 3.79. The Morgan fingerprint density at radius 1 is 1.22 bits per heavy atom. The Kier molecular flexibility index (Phi) is 5.72. The second-order valence-corrected chi connectivity index (χ2v) is 7.40. The Bertz CT molecular complexity index is 1070. The monoisotopic (exact) mass is 404 g/mol. The van der Waals surface area contributed by atoms with E-state index in [4.69, 9.17) is 21.1 Å². The number of thioether (sulfide) groups is 1. The zero-order chi connectivity index (χ0) is 19.6. The van der Waals surface area contributed by atoms with Gasteiger partial charge in [-0.15, -0.1) is 0 Å². The van der Waals surface area contributed by atoms with Crippen LogP contribution in [-0.4, -0.2) is 35.0 Å². The Balaban J connectivity index is 2.30. The Morgan fingerprint density at radius 3 is 2.67 bits per heavy atom. The highest BCUT2D eigenvalue weighted by molar-refractivity contribution is 8.00. The lowest BCUT2D eigenvalue weighted by molar-refractivity contribution is -0.139. The second-order valence-electron chi connectivity index (χ2n) is 5.65. The molecule has 8 heteroatoms. The van der Waals surface area contributed by atoms with Crippen LogP contribution in [0.4, 0.5) is 0 Å². The summed E-state index contributed by atoms with van der Waals surface area (Å²) in [6.45, 7) is 1.69. The number of rotatable bonds is 5. The van der Waals surface area contributed by atoms with E-state index in [1.807, 2.05) is 6.07 Å². The molecule has 140 valence electrons. The maximum atomic E-state index is 13.2. The number of aromatic nitrogens is 2. The lowest BCUT2D eigenvalue weighted by Crippen LogP contribution is -2.24. The molecule has 0 aliphatic rings. The molecule has 0 aliphatic carbocycles. The van der Waals surface area contributed by atoms with E-state index in [2.05, 4.69) is 4.98 Å². The van der Waals surface area contributed by atoms with Crippen LogP contribution < -0.4 is 10.3 Å². The smallest absolute Gasteiger partial charge is 0.318 e. The number of methoxy groups -OCH3 is 2. The van der Waals surface area contributed by atoms with Gasteiger partial charge in [-0.2, -0.15) is 0 Å². The highest BCUT2D eigenvalue weighted by Crippen LogP contribution is 2.29. The minimum Gasteiger partial charge on any atom is -0.495 e. The fraction of sp³-hybridized carbons (Fsp3) is 0.211. The van der Waals surface area contributed by atoms with Crippen LogP contribution in [0.3, 0.4) is 0 Å². The summed E-state index contributed by atoms with van der Waals surface area (Å²) in [7, 11) is 2.85. The first kappa shape index (κ1) is 19.3. The third-order valence-corrected chi connectivity index (χ3v) is 5.21. The molecule has 0 radical (unpaired) electrons. The van der Waals surface area contributed by atoms with E-state index in [-0.39, 0.29) is 5.56 Å². The third-order valence-electron chi connectivity index (χ3n) is 3.94. The minimum absolute atomic E-state index is 0.277. The number of nitrogens with zero attached hydrogens (tertiary/aromatic N) is 2. The van der Waals surface area contributed by atoms with Gasteiger partial charge in [0.25, 0.3) is 5.56 Å². The molecule has 3 aromatic rings. The van der Waals surface area contributed by atoms with Gasteiger partial charge in [-0.05, 0) is 37.3 Å². The number of ether oxygens (including phenoxy) is 2. The fourth-order valence-electron chi connectivity index (χ4n) is 2.62. The number of hydrogen-bond donors (Lipinski definition) is 0. The van der Waals surface area contributed by atoms with Crippen molar-refractivity contribution in [1.29, 1.82) is 0 Å². The van der Waals surface area contributed by atoms with Crippen LogP contribution in [0.2, 0.25) is 5.02 Å². The van der Waals surface area contributed by atoms with E-state index >= 15 is 0 Å². The van der Waals surface area contributed by atoms with E-state index in [1.54, 1.807) is 43.3 Å². The van der Waals surface area contributed by atoms with Crippen LogP contribution in [0.5, 0.6) is 5.75 Å². The standard InChI is InChI=1S/C19H17ClN2O4S/c1-11(18(24)26-3)27-19-21-14-10-12(20)8-9-13(14)17(23)22(19)15-6-4-5-7-16(15)25-2/h4-11H,1-3H3. The topological polar surface area (TPSA) is 70.4 Å². The van der Waals surface area contributed by atoms with Gasteiger partial charge in [0.15, 0.2) is 5.16 Å². The quantitative estimate of drug-likeness (QED) is 0.367. The van der Waals surface area contributed by atoms with Crippen LogP contribution in [0, 0.1) is 0 Å².